The summed E-state index contributed by atoms with van der Waals surface area (Å²) in [5.41, 5.74) is 2.84. The third-order valence-electron chi connectivity index (χ3n) is 4.97. The topological polar surface area (TPSA) is 44.5 Å². The Balaban J connectivity index is 1.79. The van der Waals surface area contributed by atoms with Crippen LogP contribution in [0.2, 0.25) is 0 Å². The van der Waals surface area contributed by atoms with Gasteiger partial charge in [0.1, 0.15) is 0 Å². The predicted molar refractivity (Wildman–Crippen MR) is 113 cm³/mol. The molecule has 1 saturated heterocycles. The van der Waals surface area contributed by atoms with Crippen LogP contribution in [0.15, 0.2) is 59.2 Å². The van der Waals surface area contributed by atoms with E-state index in [4.69, 9.17) is 0 Å². The minimum Gasteiger partial charge on any atom is -0.359 e. The number of carbonyl (C=O) groups is 1. The first-order valence-electron chi connectivity index (χ1n) is 9.72. The molecule has 1 unspecified atom stereocenters. The van der Waals surface area contributed by atoms with Gasteiger partial charge in [-0.15, -0.1) is 0 Å². The third-order valence-corrected chi connectivity index (χ3v) is 4.97. The van der Waals surface area contributed by atoms with Crippen molar-refractivity contribution in [3.8, 4) is 0 Å². The number of hydrogen-bond donors (Lipinski definition) is 1. The van der Waals surface area contributed by atoms with Crippen molar-refractivity contribution in [2.45, 2.75) is 32.5 Å². The second kappa shape index (κ2) is 8.73. The number of anilines is 1. The van der Waals surface area contributed by atoms with Crippen LogP contribution < -0.4 is 5.32 Å². The first-order valence-corrected chi connectivity index (χ1v) is 9.72. The highest BCUT2D eigenvalue weighted by Crippen LogP contribution is 2.40. The quantitative estimate of drug-likeness (QED) is 0.492. The second-order valence-electron chi connectivity index (χ2n) is 7.20. The number of nitrogens with zero attached hydrogens (tertiary/aromatic N) is 2. The number of nitrogens with one attached hydrogen (secondary N) is 1. The number of halogens is 3. The summed E-state index contributed by atoms with van der Waals surface area (Å²) >= 11 is 0. The Hall–Kier alpha value is -3.09. The van der Waals surface area contributed by atoms with E-state index >= 15 is 0 Å². The van der Waals surface area contributed by atoms with Gasteiger partial charge in [-0.1, -0.05) is 25.1 Å². The van der Waals surface area contributed by atoms with Crippen LogP contribution in [0.25, 0.3) is 0 Å². The van der Waals surface area contributed by atoms with E-state index < -0.39 is 17.6 Å². The second-order valence-corrected chi connectivity index (χ2v) is 7.20. The summed E-state index contributed by atoms with van der Waals surface area (Å²) in [6, 6.07) is 10.1. The van der Waals surface area contributed by atoms with E-state index in [0.717, 1.165) is 41.9 Å². The Bertz CT molecular complexity index is 995. The standard InChI is InChI=1S/C23H24F3N3O/c1-4-6-19(13-27-3)29-14-21(29)20-11-16(10-9-15(20)2)22(30)28-18-8-5-7-17(12-18)23(24,25)26/h5-13,21H,4,14H2,1-3H3,(H,28,30)/b19-6+,27-13?. The van der Waals surface area contributed by atoms with E-state index in [1.165, 1.54) is 12.1 Å². The number of allylic oxidation sites excluding steroid dienone is 2. The van der Waals surface area contributed by atoms with Gasteiger partial charge in [0.25, 0.3) is 5.91 Å². The highest BCUT2D eigenvalue weighted by atomic mass is 19.4. The number of benzene rings is 2. The average Bonchev–Trinajstić information content (AvgIpc) is 3.48. The molecule has 1 atom stereocenters. The van der Waals surface area contributed by atoms with Gasteiger partial charge in [0, 0.05) is 31.1 Å². The first-order chi connectivity index (χ1) is 14.2. The van der Waals surface area contributed by atoms with Crippen molar-refractivity contribution in [3.63, 3.8) is 0 Å². The number of rotatable bonds is 6. The van der Waals surface area contributed by atoms with Crippen LogP contribution in [0.1, 0.15) is 46.4 Å². The molecule has 1 amide bonds. The molecule has 1 N–H and O–H groups in total. The first kappa shape index (κ1) is 21.6. The highest BCUT2D eigenvalue weighted by molar-refractivity contribution is 6.04. The summed E-state index contributed by atoms with van der Waals surface area (Å²) < 4.78 is 38.7. The summed E-state index contributed by atoms with van der Waals surface area (Å²) in [7, 11) is 1.73. The molecule has 158 valence electrons. The normalized spacial score (nSPS) is 16.8. The van der Waals surface area contributed by atoms with Gasteiger partial charge >= 0.3 is 6.18 Å². The van der Waals surface area contributed by atoms with E-state index in [2.05, 4.69) is 28.2 Å². The van der Waals surface area contributed by atoms with E-state index in [9.17, 15) is 18.0 Å². The Morgan fingerprint density at radius 1 is 1.27 bits per heavy atom. The van der Waals surface area contributed by atoms with Gasteiger partial charge in [-0.3, -0.25) is 9.79 Å². The molecule has 0 aliphatic carbocycles. The van der Waals surface area contributed by atoms with Crippen molar-refractivity contribution in [2.75, 3.05) is 18.9 Å². The maximum absolute atomic E-state index is 12.9. The van der Waals surface area contributed by atoms with Crippen molar-refractivity contribution in [2.24, 2.45) is 4.99 Å². The lowest BCUT2D eigenvalue weighted by Gasteiger charge is -2.12. The fraction of sp³-hybridized carbons (Fsp3) is 0.304. The molecule has 0 radical (unpaired) electrons. The fourth-order valence-corrected chi connectivity index (χ4v) is 3.39. The van der Waals surface area contributed by atoms with Crippen LogP contribution in [0.3, 0.4) is 0 Å². The van der Waals surface area contributed by atoms with Gasteiger partial charge in [-0.2, -0.15) is 13.2 Å². The maximum Gasteiger partial charge on any atom is 0.416 e. The largest absolute Gasteiger partial charge is 0.416 e. The lowest BCUT2D eigenvalue weighted by atomic mass is 10.0. The third kappa shape index (κ3) is 4.90. The number of hydrogen-bond acceptors (Lipinski definition) is 3. The van der Waals surface area contributed by atoms with Crippen molar-refractivity contribution in [1.29, 1.82) is 0 Å². The molecule has 1 fully saturated rings. The van der Waals surface area contributed by atoms with Crippen LogP contribution in [-0.4, -0.2) is 30.6 Å². The van der Waals surface area contributed by atoms with Gasteiger partial charge in [0.15, 0.2) is 0 Å². The number of aryl methyl sites for hydroxylation is 1. The summed E-state index contributed by atoms with van der Waals surface area (Å²) in [6.07, 6.45) is 0.358. The Morgan fingerprint density at radius 2 is 2.03 bits per heavy atom. The minimum absolute atomic E-state index is 0.109. The molecule has 0 bridgehead atoms. The van der Waals surface area contributed by atoms with Gasteiger partial charge < -0.3 is 10.2 Å². The van der Waals surface area contributed by atoms with Crippen molar-refractivity contribution in [3.05, 3.63) is 76.5 Å². The van der Waals surface area contributed by atoms with Crippen LogP contribution in [0.4, 0.5) is 18.9 Å². The lowest BCUT2D eigenvalue weighted by molar-refractivity contribution is -0.137. The molecule has 0 spiro atoms. The van der Waals surface area contributed by atoms with Crippen LogP contribution >= 0.6 is 0 Å². The molecule has 0 saturated carbocycles. The minimum atomic E-state index is -4.46. The van der Waals surface area contributed by atoms with Crippen LogP contribution in [0, 0.1) is 6.92 Å². The Kier molecular flexibility index (Phi) is 6.29. The van der Waals surface area contributed by atoms with Crippen molar-refractivity contribution >= 4 is 17.8 Å². The van der Waals surface area contributed by atoms with E-state index in [0.29, 0.717) is 5.56 Å². The van der Waals surface area contributed by atoms with E-state index in [1.807, 2.05) is 25.3 Å². The predicted octanol–water partition coefficient (Wildman–Crippen LogP) is 5.62. The zero-order chi connectivity index (χ0) is 21.9. The number of amides is 1. The highest BCUT2D eigenvalue weighted by Gasteiger charge is 2.37. The van der Waals surface area contributed by atoms with Gasteiger partial charge in [0.2, 0.25) is 0 Å². The van der Waals surface area contributed by atoms with Gasteiger partial charge in [-0.25, -0.2) is 0 Å². The zero-order valence-electron chi connectivity index (χ0n) is 17.1. The summed E-state index contributed by atoms with van der Waals surface area (Å²) in [5.74, 6) is -0.442. The van der Waals surface area contributed by atoms with Gasteiger partial charge in [-0.05, 0) is 54.8 Å². The molecule has 3 rings (SSSR count). The molecule has 1 aliphatic heterocycles. The Morgan fingerprint density at radius 3 is 2.70 bits per heavy atom. The summed E-state index contributed by atoms with van der Waals surface area (Å²) in [6.45, 7) is 4.88. The lowest BCUT2D eigenvalue weighted by Crippen LogP contribution is -2.14. The zero-order valence-corrected chi connectivity index (χ0v) is 17.1. The molecule has 1 aliphatic rings. The molecule has 2 aromatic carbocycles. The monoisotopic (exact) mass is 415 g/mol. The Labute approximate surface area is 174 Å². The molecule has 0 aromatic heterocycles. The maximum atomic E-state index is 12.9. The number of carbonyl (C=O) groups excluding carboxylic acids is 1. The molecule has 30 heavy (non-hydrogen) atoms. The van der Waals surface area contributed by atoms with Crippen molar-refractivity contribution in [1.82, 2.24) is 4.90 Å². The molecule has 7 heteroatoms. The molecule has 4 nitrogen and oxygen atoms in total. The smallest absolute Gasteiger partial charge is 0.359 e. The van der Waals surface area contributed by atoms with Crippen LogP contribution in [0.5, 0.6) is 0 Å². The SMILES string of the molecule is CC/C=C(\C=NC)N1CC1c1cc(C(=O)Nc2cccc(C(F)(F)F)c2)ccc1C. The van der Waals surface area contributed by atoms with E-state index in [-0.39, 0.29) is 11.7 Å². The van der Waals surface area contributed by atoms with Crippen LogP contribution in [-0.2, 0) is 6.18 Å². The molecule has 2 aromatic rings. The molecule has 1 heterocycles. The van der Waals surface area contributed by atoms with E-state index in [1.54, 1.807) is 13.1 Å². The molecular weight excluding hydrogens is 391 g/mol. The van der Waals surface area contributed by atoms with Crippen molar-refractivity contribution < 1.29 is 18.0 Å². The fourth-order valence-electron chi connectivity index (χ4n) is 3.39. The summed E-state index contributed by atoms with van der Waals surface area (Å²) in [5, 5.41) is 2.57. The number of aliphatic imine (C=N–C) groups is 1. The van der Waals surface area contributed by atoms with Gasteiger partial charge in [0.05, 0.1) is 17.3 Å². The molecular formula is C23H24F3N3O. The summed E-state index contributed by atoms with van der Waals surface area (Å²) in [4.78, 5) is 19.0. The number of alkyl halides is 3. The average molecular weight is 415 g/mol.